The van der Waals surface area contributed by atoms with Gasteiger partial charge in [0.15, 0.2) is 0 Å². The van der Waals surface area contributed by atoms with Crippen molar-refractivity contribution in [2.24, 2.45) is 5.41 Å². The number of ether oxygens (including phenoxy) is 2. The third-order valence-corrected chi connectivity index (χ3v) is 3.17. The van der Waals surface area contributed by atoms with Crippen LogP contribution in [0.5, 0.6) is 0 Å². The quantitative estimate of drug-likeness (QED) is 0.640. The molecular weight excluding hydrogens is 274 g/mol. The van der Waals surface area contributed by atoms with E-state index in [1.54, 1.807) is 27.7 Å². The molecule has 0 aromatic rings. The van der Waals surface area contributed by atoms with Crippen LogP contribution in [-0.4, -0.2) is 42.5 Å². The number of carbonyl (C=O) groups is 2. The molecule has 0 spiro atoms. The van der Waals surface area contributed by atoms with Crippen LogP contribution in [0.2, 0.25) is 0 Å². The fourth-order valence-electron chi connectivity index (χ4n) is 1.79. The van der Waals surface area contributed by atoms with Gasteiger partial charge in [0.05, 0.1) is 5.41 Å². The van der Waals surface area contributed by atoms with Crippen molar-refractivity contribution in [1.82, 2.24) is 5.32 Å². The van der Waals surface area contributed by atoms with Crippen LogP contribution in [0.4, 0.5) is 4.79 Å². The molecule has 0 rings (SSSR count). The molecular formula is C15H29NO5. The van der Waals surface area contributed by atoms with Crippen LogP contribution in [0.25, 0.3) is 0 Å². The smallest absolute Gasteiger partial charge is 0.407 e. The summed E-state index contributed by atoms with van der Waals surface area (Å²) in [5.41, 5.74) is -1.63. The SMILES string of the molecule is CCCOCCC(CC)(CNC(=O)OC(C)(C)C)C(=O)O. The van der Waals surface area contributed by atoms with Gasteiger partial charge in [0.25, 0.3) is 0 Å². The van der Waals surface area contributed by atoms with Crippen LogP contribution in [0.15, 0.2) is 0 Å². The summed E-state index contributed by atoms with van der Waals surface area (Å²) in [6, 6.07) is 0. The number of nitrogens with one attached hydrogen (secondary N) is 1. The molecule has 21 heavy (non-hydrogen) atoms. The number of aliphatic carboxylic acids is 1. The lowest BCUT2D eigenvalue weighted by atomic mass is 9.82. The number of alkyl carbamates (subject to hydrolysis) is 1. The normalized spacial score (nSPS) is 14.3. The molecule has 0 fully saturated rings. The summed E-state index contributed by atoms with van der Waals surface area (Å²) in [7, 11) is 0. The Labute approximate surface area is 127 Å². The van der Waals surface area contributed by atoms with Gasteiger partial charge in [-0.1, -0.05) is 13.8 Å². The van der Waals surface area contributed by atoms with E-state index >= 15 is 0 Å². The largest absolute Gasteiger partial charge is 0.481 e. The minimum Gasteiger partial charge on any atom is -0.481 e. The zero-order valence-electron chi connectivity index (χ0n) is 13.8. The Hall–Kier alpha value is -1.30. The molecule has 0 aliphatic heterocycles. The first-order valence-corrected chi connectivity index (χ1v) is 7.45. The molecule has 0 aromatic carbocycles. The topological polar surface area (TPSA) is 84.9 Å². The third-order valence-electron chi connectivity index (χ3n) is 3.17. The van der Waals surface area contributed by atoms with E-state index in [9.17, 15) is 14.7 Å². The highest BCUT2D eigenvalue weighted by atomic mass is 16.6. The third kappa shape index (κ3) is 7.90. The lowest BCUT2D eigenvalue weighted by molar-refractivity contribution is -0.150. The highest BCUT2D eigenvalue weighted by Gasteiger charge is 2.37. The maximum absolute atomic E-state index is 11.7. The van der Waals surface area contributed by atoms with Gasteiger partial charge in [-0.25, -0.2) is 4.79 Å². The molecule has 0 radical (unpaired) electrons. The van der Waals surface area contributed by atoms with E-state index < -0.39 is 23.1 Å². The minimum absolute atomic E-state index is 0.0310. The first-order chi connectivity index (χ1) is 9.67. The molecule has 6 nitrogen and oxygen atoms in total. The Bertz CT molecular complexity index is 337. The number of rotatable bonds is 9. The lowest BCUT2D eigenvalue weighted by Crippen LogP contribution is -2.45. The Kier molecular flexibility index (Phi) is 8.32. The predicted octanol–water partition coefficient (Wildman–Crippen LogP) is 2.81. The van der Waals surface area contributed by atoms with E-state index in [2.05, 4.69) is 5.32 Å². The molecule has 0 saturated heterocycles. The second kappa shape index (κ2) is 8.87. The van der Waals surface area contributed by atoms with Crippen molar-refractivity contribution in [1.29, 1.82) is 0 Å². The molecule has 1 atom stereocenters. The number of carboxylic acid groups (broad SMARTS) is 1. The average Bonchev–Trinajstić information content (AvgIpc) is 2.36. The Morgan fingerprint density at radius 3 is 2.19 bits per heavy atom. The van der Waals surface area contributed by atoms with Gasteiger partial charge in [-0.15, -0.1) is 0 Å². The Balaban J connectivity index is 4.54. The van der Waals surface area contributed by atoms with Crippen LogP contribution < -0.4 is 5.32 Å². The van der Waals surface area contributed by atoms with Crippen molar-refractivity contribution in [2.45, 2.75) is 59.5 Å². The molecule has 1 unspecified atom stereocenters. The van der Waals surface area contributed by atoms with Gasteiger partial charge in [0.1, 0.15) is 5.60 Å². The highest BCUT2D eigenvalue weighted by molar-refractivity contribution is 5.76. The summed E-state index contributed by atoms with van der Waals surface area (Å²) in [5.74, 6) is -0.929. The average molecular weight is 303 g/mol. The zero-order chi connectivity index (χ0) is 16.5. The van der Waals surface area contributed by atoms with Gasteiger partial charge in [-0.05, 0) is 40.0 Å². The second-order valence-corrected chi connectivity index (χ2v) is 6.16. The fourth-order valence-corrected chi connectivity index (χ4v) is 1.79. The summed E-state index contributed by atoms with van der Waals surface area (Å²) in [6.45, 7) is 10.1. The number of hydrogen-bond acceptors (Lipinski definition) is 4. The minimum atomic E-state index is -1.02. The Morgan fingerprint density at radius 1 is 1.14 bits per heavy atom. The number of amides is 1. The second-order valence-electron chi connectivity index (χ2n) is 6.16. The van der Waals surface area contributed by atoms with E-state index in [4.69, 9.17) is 9.47 Å². The van der Waals surface area contributed by atoms with Crippen molar-refractivity contribution in [3.05, 3.63) is 0 Å². The van der Waals surface area contributed by atoms with E-state index in [1.165, 1.54) is 0 Å². The molecule has 0 saturated carbocycles. The standard InChI is InChI=1S/C15H29NO5/c1-6-9-20-10-8-15(7-2,12(17)18)11-16-13(19)21-14(3,4)5/h6-11H2,1-5H3,(H,16,19)(H,17,18). The van der Waals surface area contributed by atoms with Gasteiger partial charge < -0.3 is 19.9 Å². The van der Waals surface area contributed by atoms with Crippen molar-refractivity contribution in [3.63, 3.8) is 0 Å². The van der Waals surface area contributed by atoms with E-state index in [0.29, 0.717) is 26.1 Å². The highest BCUT2D eigenvalue weighted by Crippen LogP contribution is 2.26. The summed E-state index contributed by atoms with van der Waals surface area (Å²) >= 11 is 0. The van der Waals surface area contributed by atoms with Gasteiger partial charge >= 0.3 is 12.1 Å². The van der Waals surface area contributed by atoms with Crippen LogP contribution in [0.3, 0.4) is 0 Å². The maximum atomic E-state index is 11.7. The molecule has 1 amide bonds. The number of carbonyl (C=O) groups excluding carboxylic acids is 1. The summed E-state index contributed by atoms with van der Waals surface area (Å²) < 4.78 is 10.5. The van der Waals surface area contributed by atoms with Gasteiger partial charge in [-0.2, -0.15) is 0 Å². The molecule has 0 heterocycles. The first-order valence-electron chi connectivity index (χ1n) is 7.45. The molecule has 6 heteroatoms. The molecule has 0 aromatic heterocycles. The van der Waals surface area contributed by atoms with Crippen molar-refractivity contribution in [3.8, 4) is 0 Å². The zero-order valence-corrected chi connectivity index (χ0v) is 13.8. The van der Waals surface area contributed by atoms with Crippen LogP contribution >= 0.6 is 0 Å². The van der Waals surface area contributed by atoms with E-state index in [0.717, 1.165) is 6.42 Å². The Morgan fingerprint density at radius 2 is 1.76 bits per heavy atom. The van der Waals surface area contributed by atoms with Gasteiger partial charge in [-0.3, -0.25) is 4.79 Å². The molecule has 0 aliphatic rings. The predicted molar refractivity (Wildman–Crippen MR) is 80.3 cm³/mol. The molecule has 2 N–H and O–H groups in total. The van der Waals surface area contributed by atoms with Gasteiger partial charge in [0.2, 0.25) is 0 Å². The van der Waals surface area contributed by atoms with Crippen molar-refractivity contribution < 1.29 is 24.2 Å². The van der Waals surface area contributed by atoms with Crippen LogP contribution in [0, 0.1) is 5.41 Å². The van der Waals surface area contributed by atoms with Crippen molar-refractivity contribution in [2.75, 3.05) is 19.8 Å². The lowest BCUT2D eigenvalue weighted by Gasteiger charge is -2.29. The molecule has 0 bridgehead atoms. The fraction of sp³-hybridized carbons (Fsp3) is 0.867. The summed E-state index contributed by atoms with van der Waals surface area (Å²) in [5, 5.41) is 12.0. The molecule has 0 aliphatic carbocycles. The first kappa shape index (κ1) is 19.7. The summed E-state index contributed by atoms with van der Waals surface area (Å²) in [4.78, 5) is 23.2. The van der Waals surface area contributed by atoms with E-state index in [-0.39, 0.29) is 6.54 Å². The maximum Gasteiger partial charge on any atom is 0.407 e. The van der Waals surface area contributed by atoms with Crippen molar-refractivity contribution >= 4 is 12.1 Å². The van der Waals surface area contributed by atoms with Crippen LogP contribution in [-0.2, 0) is 14.3 Å². The van der Waals surface area contributed by atoms with E-state index in [1.807, 2.05) is 6.92 Å². The number of carboxylic acids is 1. The molecule has 124 valence electrons. The van der Waals surface area contributed by atoms with Gasteiger partial charge in [0, 0.05) is 19.8 Å². The summed E-state index contributed by atoms with van der Waals surface area (Å²) in [6.07, 6.45) is 1.06. The monoisotopic (exact) mass is 303 g/mol. The van der Waals surface area contributed by atoms with Crippen LogP contribution in [0.1, 0.15) is 53.9 Å². The number of hydrogen-bond donors (Lipinski definition) is 2.